The van der Waals surface area contributed by atoms with Crippen molar-refractivity contribution in [3.63, 3.8) is 0 Å². The van der Waals surface area contributed by atoms with E-state index in [1.54, 1.807) is 0 Å². The second kappa shape index (κ2) is 5.27. The third kappa shape index (κ3) is 3.03. The van der Waals surface area contributed by atoms with Gasteiger partial charge in [-0.3, -0.25) is 0 Å². The van der Waals surface area contributed by atoms with E-state index in [2.05, 4.69) is 26.2 Å². The van der Waals surface area contributed by atoms with Gasteiger partial charge < -0.3 is 10.1 Å². The molecule has 2 fully saturated rings. The fourth-order valence-electron chi connectivity index (χ4n) is 3.78. The molecule has 0 amide bonds. The van der Waals surface area contributed by atoms with Crippen molar-refractivity contribution < 1.29 is 4.74 Å². The Morgan fingerprint density at radius 3 is 2.29 bits per heavy atom. The zero-order valence-corrected chi connectivity index (χ0v) is 12.0. The van der Waals surface area contributed by atoms with Crippen LogP contribution in [0.25, 0.3) is 0 Å². The second-order valence-corrected chi connectivity index (χ2v) is 6.59. The molecular formula is C15H29NO. The maximum absolute atomic E-state index is 5.52. The highest BCUT2D eigenvalue weighted by Gasteiger charge is 2.53. The summed E-state index contributed by atoms with van der Waals surface area (Å²) in [5.41, 5.74) is 0.0369. The summed E-state index contributed by atoms with van der Waals surface area (Å²) in [6.07, 6.45) is 8.33. The lowest BCUT2D eigenvalue weighted by atomic mass is 9.95. The summed E-state index contributed by atoms with van der Waals surface area (Å²) in [4.78, 5) is 0. The molecule has 0 bridgehead atoms. The Kier molecular flexibility index (Phi) is 4.14. The first-order valence-electron chi connectivity index (χ1n) is 7.31. The lowest BCUT2D eigenvalue weighted by molar-refractivity contribution is 0.0111. The molecule has 2 saturated carbocycles. The van der Waals surface area contributed by atoms with Crippen molar-refractivity contribution in [2.75, 3.05) is 14.2 Å². The minimum Gasteiger partial charge on any atom is -0.379 e. The summed E-state index contributed by atoms with van der Waals surface area (Å²) in [6.45, 7) is 4.39. The minimum atomic E-state index is 0.0369. The molecule has 2 rings (SSSR count). The van der Waals surface area contributed by atoms with Gasteiger partial charge in [-0.25, -0.2) is 0 Å². The van der Waals surface area contributed by atoms with Crippen LogP contribution in [0.15, 0.2) is 0 Å². The Labute approximate surface area is 107 Å². The molecule has 2 aliphatic rings. The molecule has 0 saturated heterocycles. The number of rotatable bonds is 6. The number of hydrogen-bond acceptors (Lipinski definition) is 2. The van der Waals surface area contributed by atoms with Crippen molar-refractivity contribution in [3.05, 3.63) is 0 Å². The average Bonchev–Trinajstić information content (AvgIpc) is 3.05. The maximum atomic E-state index is 5.52. The first-order valence-corrected chi connectivity index (χ1v) is 7.31. The normalized spacial score (nSPS) is 34.2. The zero-order chi connectivity index (χ0) is 12.5. The van der Waals surface area contributed by atoms with Crippen LogP contribution in [0, 0.1) is 17.8 Å². The van der Waals surface area contributed by atoms with E-state index in [1.807, 2.05) is 7.11 Å². The zero-order valence-electron chi connectivity index (χ0n) is 12.0. The molecule has 17 heavy (non-hydrogen) atoms. The molecule has 2 heteroatoms. The monoisotopic (exact) mass is 239 g/mol. The number of nitrogens with one attached hydrogen (secondary N) is 1. The van der Waals surface area contributed by atoms with E-state index in [-0.39, 0.29) is 5.60 Å². The largest absolute Gasteiger partial charge is 0.379 e. The van der Waals surface area contributed by atoms with Crippen molar-refractivity contribution >= 4 is 0 Å². The van der Waals surface area contributed by atoms with E-state index in [9.17, 15) is 0 Å². The predicted molar refractivity (Wildman–Crippen MR) is 72.1 cm³/mol. The molecule has 2 aliphatic carbocycles. The minimum absolute atomic E-state index is 0.0369. The quantitative estimate of drug-likeness (QED) is 0.768. The van der Waals surface area contributed by atoms with Gasteiger partial charge in [-0.15, -0.1) is 0 Å². The van der Waals surface area contributed by atoms with Crippen LogP contribution < -0.4 is 5.32 Å². The van der Waals surface area contributed by atoms with Crippen LogP contribution in [0.5, 0.6) is 0 Å². The van der Waals surface area contributed by atoms with Crippen LogP contribution in [0.1, 0.15) is 52.4 Å². The van der Waals surface area contributed by atoms with Gasteiger partial charge >= 0.3 is 0 Å². The fraction of sp³-hybridized carbons (Fsp3) is 1.00. The third-order valence-corrected chi connectivity index (χ3v) is 5.17. The van der Waals surface area contributed by atoms with E-state index in [4.69, 9.17) is 4.74 Å². The van der Waals surface area contributed by atoms with E-state index >= 15 is 0 Å². The van der Waals surface area contributed by atoms with Crippen LogP contribution in [0.4, 0.5) is 0 Å². The number of methoxy groups -OCH3 is 1. The second-order valence-electron chi connectivity index (χ2n) is 6.59. The van der Waals surface area contributed by atoms with Gasteiger partial charge in [0.25, 0.3) is 0 Å². The Balaban J connectivity index is 1.82. The summed E-state index contributed by atoms with van der Waals surface area (Å²) in [5.74, 6) is 3.06. The molecule has 2 nitrogen and oxygen atoms in total. The standard InChI is InChI=1S/C15H29NO/c1-15(2,17-4)10-9-13(16-3)14-11-7-5-6-8-12(11)14/h11-14,16H,5-10H2,1-4H3. The molecule has 100 valence electrons. The molecule has 0 spiro atoms. The van der Waals surface area contributed by atoms with Gasteiger partial charge in [0.15, 0.2) is 0 Å². The maximum Gasteiger partial charge on any atom is 0.0623 e. The molecule has 0 aromatic rings. The van der Waals surface area contributed by atoms with E-state index < -0.39 is 0 Å². The molecule has 0 aliphatic heterocycles. The molecule has 0 aromatic heterocycles. The summed E-state index contributed by atoms with van der Waals surface area (Å²) in [5, 5.41) is 3.56. The number of fused-ring (bicyclic) bond motifs is 1. The summed E-state index contributed by atoms with van der Waals surface area (Å²) < 4.78 is 5.52. The Morgan fingerprint density at radius 2 is 1.82 bits per heavy atom. The smallest absolute Gasteiger partial charge is 0.0623 e. The van der Waals surface area contributed by atoms with Gasteiger partial charge in [0.2, 0.25) is 0 Å². The Hall–Kier alpha value is -0.0800. The highest BCUT2D eigenvalue weighted by atomic mass is 16.5. The highest BCUT2D eigenvalue weighted by Crippen LogP contribution is 2.57. The van der Waals surface area contributed by atoms with Crippen molar-refractivity contribution in [2.45, 2.75) is 64.0 Å². The first kappa shape index (κ1) is 13.4. The summed E-state index contributed by atoms with van der Waals surface area (Å²) in [7, 11) is 3.96. The van der Waals surface area contributed by atoms with Gasteiger partial charge in [-0.1, -0.05) is 12.8 Å². The average molecular weight is 239 g/mol. The topological polar surface area (TPSA) is 21.3 Å². The molecule has 0 heterocycles. The van der Waals surface area contributed by atoms with E-state index in [1.165, 1.54) is 32.1 Å². The van der Waals surface area contributed by atoms with Crippen LogP contribution in [-0.2, 0) is 4.74 Å². The molecule has 0 radical (unpaired) electrons. The van der Waals surface area contributed by atoms with Crippen molar-refractivity contribution in [3.8, 4) is 0 Å². The van der Waals surface area contributed by atoms with E-state index in [0.29, 0.717) is 0 Å². The van der Waals surface area contributed by atoms with Gasteiger partial charge in [0.1, 0.15) is 0 Å². The molecule has 3 atom stereocenters. The van der Waals surface area contributed by atoms with Gasteiger partial charge in [0, 0.05) is 13.2 Å². The summed E-state index contributed by atoms with van der Waals surface area (Å²) >= 11 is 0. The van der Waals surface area contributed by atoms with Crippen molar-refractivity contribution in [2.24, 2.45) is 17.8 Å². The number of ether oxygens (including phenoxy) is 1. The predicted octanol–water partition coefficient (Wildman–Crippen LogP) is 3.22. The molecular weight excluding hydrogens is 210 g/mol. The molecule has 1 N–H and O–H groups in total. The van der Waals surface area contributed by atoms with E-state index in [0.717, 1.165) is 30.2 Å². The van der Waals surface area contributed by atoms with Gasteiger partial charge in [-0.05, 0) is 64.3 Å². The van der Waals surface area contributed by atoms with Crippen molar-refractivity contribution in [1.29, 1.82) is 0 Å². The summed E-state index contributed by atoms with van der Waals surface area (Å²) in [6, 6.07) is 0.720. The lowest BCUT2D eigenvalue weighted by Gasteiger charge is -2.26. The Morgan fingerprint density at radius 1 is 1.24 bits per heavy atom. The van der Waals surface area contributed by atoms with Crippen LogP contribution in [-0.4, -0.2) is 25.8 Å². The fourth-order valence-corrected chi connectivity index (χ4v) is 3.78. The number of hydrogen-bond donors (Lipinski definition) is 1. The highest BCUT2D eigenvalue weighted by molar-refractivity contribution is 5.04. The van der Waals surface area contributed by atoms with Crippen LogP contribution in [0.2, 0.25) is 0 Å². The van der Waals surface area contributed by atoms with Crippen LogP contribution in [0.3, 0.4) is 0 Å². The van der Waals surface area contributed by atoms with Gasteiger partial charge in [0.05, 0.1) is 5.60 Å². The van der Waals surface area contributed by atoms with Gasteiger partial charge in [-0.2, -0.15) is 0 Å². The third-order valence-electron chi connectivity index (χ3n) is 5.17. The molecule has 0 aromatic carbocycles. The lowest BCUT2D eigenvalue weighted by Crippen LogP contribution is -2.32. The molecule has 3 unspecified atom stereocenters. The Bertz CT molecular complexity index is 239. The van der Waals surface area contributed by atoms with Crippen molar-refractivity contribution in [1.82, 2.24) is 5.32 Å². The van der Waals surface area contributed by atoms with Crippen LogP contribution >= 0.6 is 0 Å². The first-order chi connectivity index (χ1) is 8.09. The SMILES string of the molecule is CNC(CCC(C)(C)OC)C1C2CCCCC21.